The zero-order chi connectivity index (χ0) is 22.2. The molecule has 31 heavy (non-hydrogen) atoms. The first-order chi connectivity index (χ1) is 14.7. The molecule has 0 spiro atoms. The number of aromatic nitrogens is 3. The molecule has 0 aliphatic rings. The molecule has 0 bridgehead atoms. The molecule has 0 fully saturated rings. The number of ether oxygens (including phenoxy) is 1. The van der Waals surface area contributed by atoms with Gasteiger partial charge >= 0.3 is 5.97 Å². The first-order valence-electron chi connectivity index (χ1n) is 9.37. The van der Waals surface area contributed by atoms with E-state index in [4.69, 9.17) is 4.74 Å². The summed E-state index contributed by atoms with van der Waals surface area (Å²) in [7, 11) is 0. The fourth-order valence-corrected chi connectivity index (χ4v) is 3.08. The number of hydrogen-bond donors (Lipinski definition) is 2. The van der Waals surface area contributed by atoms with Crippen LogP contribution in [0.1, 0.15) is 13.8 Å². The highest BCUT2D eigenvalue weighted by Gasteiger charge is 2.30. The van der Waals surface area contributed by atoms with Gasteiger partial charge in [0.05, 0.1) is 16.3 Å². The number of carbonyl (C=O) groups is 1. The molecule has 0 aliphatic carbocycles. The zero-order valence-corrected chi connectivity index (χ0v) is 16.7. The van der Waals surface area contributed by atoms with E-state index in [1.165, 1.54) is 26.0 Å². The lowest BCUT2D eigenvalue weighted by Crippen LogP contribution is -2.37. The number of H-pyrrole nitrogens is 1. The van der Waals surface area contributed by atoms with Gasteiger partial charge in [-0.2, -0.15) is 0 Å². The Balaban J connectivity index is 1.74. The largest absolute Gasteiger partial charge is 0.478 e. The number of benzene rings is 2. The maximum atomic E-state index is 11.4. The number of fused-ring (bicyclic) bond motifs is 1. The summed E-state index contributed by atoms with van der Waals surface area (Å²) in [5.41, 5.74) is 1.05. The van der Waals surface area contributed by atoms with Gasteiger partial charge in [-0.15, -0.1) is 0 Å². The van der Waals surface area contributed by atoms with E-state index in [-0.39, 0.29) is 5.69 Å². The van der Waals surface area contributed by atoms with Gasteiger partial charge in [0.25, 0.3) is 5.69 Å². The average Bonchev–Trinajstić information content (AvgIpc) is 3.19. The Morgan fingerprint density at radius 3 is 2.68 bits per heavy atom. The van der Waals surface area contributed by atoms with Crippen molar-refractivity contribution in [1.82, 2.24) is 15.0 Å². The van der Waals surface area contributed by atoms with E-state index in [9.17, 15) is 20.0 Å². The summed E-state index contributed by atoms with van der Waals surface area (Å²) in [5.74, 6) is -0.265. The highest BCUT2D eigenvalue weighted by molar-refractivity contribution is 5.90. The van der Waals surface area contributed by atoms with Crippen LogP contribution >= 0.6 is 0 Å². The lowest BCUT2D eigenvalue weighted by Gasteiger charge is -2.21. The van der Waals surface area contributed by atoms with E-state index in [0.29, 0.717) is 33.9 Å². The highest BCUT2D eigenvalue weighted by Crippen LogP contribution is 2.32. The van der Waals surface area contributed by atoms with Crippen molar-refractivity contribution in [2.45, 2.75) is 19.4 Å². The SMILES string of the molecule is CC(C)(Oc1cccc2[nH]c(-c3nccc(-c4cccc([N+](=O)[O-])c4)n3)cc12)C(=O)O. The minimum Gasteiger partial charge on any atom is -0.478 e. The number of non-ortho nitro benzene ring substituents is 1. The van der Waals surface area contributed by atoms with Gasteiger partial charge in [-0.3, -0.25) is 10.1 Å². The molecule has 0 saturated carbocycles. The molecule has 156 valence electrons. The second kappa shape index (κ2) is 7.52. The van der Waals surface area contributed by atoms with Crippen LogP contribution in [0.5, 0.6) is 5.75 Å². The lowest BCUT2D eigenvalue weighted by molar-refractivity contribution is -0.384. The quantitative estimate of drug-likeness (QED) is 0.349. The zero-order valence-electron chi connectivity index (χ0n) is 16.7. The monoisotopic (exact) mass is 418 g/mol. The number of nitro benzene ring substituents is 1. The summed E-state index contributed by atoms with van der Waals surface area (Å²) < 4.78 is 5.73. The van der Waals surface area contributed by atoms with Crippen molar-refractivity contribution in [1.29, 1.82) is 0 Å². The van der Waals surface area contributed by atoms with Gasteiger partial charge in [0.15, 0.2) is 11.4 Å². The molecule has 2 N–H and O–H groups in total. The topological polar surface area (TPSA) is 131 Å². The van der Waals surface area contributed by atoms with Crippen molar-refractivity contribution in [2.75, 3.05) is 0 Å². The third-order valence-electron chi connectivity index (χ3n) is 4.75. The van der Waals surface area contributed by atoms with Crippen LogP contribution < -0.4 is 4.74 Å². The van der Waals surface area contributed by atoms with E-state index < -0.39 is 16.5 Å². The third-order valence-corrected chi connectivity index (χ3v) is 4.75. The number of carboxylic acids is 1. The maximum absolute atomic E-state index is 11.4. The number of nitrogens with zero attached hydrogens (tertiary/aromatic N) is 3. The molecule has 0 unspecified atom stereocenters. The number of hydrogen-bond acceptors (Lipinski definition) is 6. The first kappa shape index (κ1) is 20.0. The van der Waals surface area contributed by atoms with Crippen LogP contribution in [0.3, 0.4) is 0 Å². The predicted molar refractivity (Wildman–Crippen MR) is 114 cm³/mol. The van der Waals surface area contributed by atoms with Crippen molar-refractivity contribution in [3.05, 3.63) is 70.9 Å². The Hall–Kier alpha value is -4.27. The number of carboxylic acid groups (broad SMARTS) is 1. The highest BCUT2D eigenvalue weighted by atomic mass is 16.6. The van der Waals surface area contributed by atoms with Crippen LogP contribution in [0.15, 0.2) is 60.8 Å². The maximum Gasteiger partial charge on any atom is 0.347 e. The molecule has 2 heterocycles. The molecule has 0 aliphatic heterocycles. The predicted octanol–water partition coefficient (Wildman–Crippen LogP) is 4.44. The second-order valence-electron chi connectivity index (χ2n) is 7.39. The third kappa shape index (κ3) is 3.93. The van der Waals surface area contributed by atoms with Crippen molar-refractivity contribution < 1.29 is 19.6 Å². The Labute approximate surface area is 176 Å². The lowest BCUT2D eigenvalue weighted by atomic mass is 10.1. The van der Waals surface area contributed by atoms with Gasteiger partial charge in [-0.1, -0.05) is 18.2 Å². The van der Waals surface area contributed by atoms with Gasteiger partial charge in [0.1, 0.15) is 5.75 Å². The van der Waals surface area contributed by atoms with E-state index >= 15 is 0 Å². The first-order valence-corrected chi connectivity index (χ1v) is 9.37. The van der Waals surface area contributed by atoms with Gasteiger partial charge in [-0.05, 0) is 38.1 Å². The summed E-state index contributed by atoms with van der Waals surface area (Å²) in [6, 6.07) is 15.0. The summed E-state index contributed by atoms with van der Waals surface area (Å²) in [6.07, 6.45) is 1.58. The van der Waals surface area contributed by atoms with Crippen LogP contribution in [-0.4, -0.2) is 36.6 Å². The number of aromatic amines is 1. The Bertz CT molecular complexity index is 1310. The van der Waals surface area contributed by atoms with Crippen molar-refractivity contribution in [3.63, 3.8) is 0 Å². The fourth-order valence-electron chi connectivity index (χ4n) is 3.08. The van der Waals surface area contributed by atoms with Crippen LogP contribution in [0.2, 0.25) is 0 Å². The molecule has 0 atom stereocenters. The number of nitrogens with one attached hydrogen (secondary N) is 1. The standard InChI is InChI=1S/C22H18N4O5/c1-22(2,21(27)28)31-19-8-4-7-17-15(19)12-18(24-17)20-23-10-9-16(25-20)13-5-3-6-14(11-13)26(29)30/h3-12,24H,1-2H3,(H,27,28). The Morgan fingerprint density at radius 2 is 1.94 bits per heavy atom. The molecular weight excluding hydrogens is 400 g/mol. The fraction of sp³-hybridized carbons (Fsp3) is 0.136. The molecule has 4 aromatic rings. The molecule has 0 amide bonds. The van der Waals surface area contributed by atoms with Gasteiger partial charge in [0.2, 0.25) is 0 Å². The molecule has 9 heteroatoms. The van der Waals surface area contributed by atoms with Crippen LogP contribution in [0.25, 0.3) is 33.7 Å². The molecule has 2 aromatic carbocycles. The van der Waals surface area contributed by atoms with Crippen molar-refractivity contribution >= 4 is 22.6 Å². The van der Waals surface area contributed by atoms with Gasteiger partial charge < -0.3 is 14.8 Å². The van der Waals surface area contributed by atoms with Gasteiger partial charge in [0, 0.05) is 34.8 Å². The molecule has 9 nitrogen and oxygen atoms in total. The van der Waals surface area contributed by atoms with Crippen LogP contribution in [-0.2, 0) is 4.79 Å². The second-order valence-corrected chi connectivity index (χ2v) is 7.39. The minimum atomic E-state index is -1.40. The van der Waals surface area contributed by atoms with E-state index in [0.717, 1.165) is 5.52 Å². The number of nitro groups is 1. The smallest absolute Gasteiger partial charge is 0.347 e. The molecular formula is C22H18N4O5. The number of aliphatic carboxylic acids is 1. The molecule has 4 rings (SSSR count). The average molecular weight is 418 g/mol. The molecule has 0 radical (unpaired) electrons. The van der Waals surface area contributed by atoms with E-state index in [1.54, 1.807) is 42.6 Å². The Kier molecular flexibility index (Phi) is 4.86. The van der Waals surface area contributed by atoms with Crippen LogP contribution in [0.4, 0.5) is 5.69 Å². The van der Waals surface area contributed by atoms with E-state index in [1.807, 2.05) is 6.07 Å². The normalized spacial score (nSPS) is 11.4. The molecule has 0 saturated heterocycles. The van der Waals surface area contributed by atoms with Gasteiger partial charge in [-0.25, -0.2) is 14.8 Å². The summed E-state index contributed by atoms with van der Waals surface area (Å²) >= 11 is 0. The molecule has 2 aromatic heterocycles. The summed E-state index contributed by atoms with van der Waals surface area (Å²) in [6.45, 7) is 2.96. The minimum absolute atomic E-state index is 0.0221. The van der Waals surface area contributed by atoms with Crippen LogP contribution in [0, 0.1) is 10.1 Å². The number of rotatable bonds is 6. The summed E-state index contributed by atoms with van der Waals surface area (Å²) in [4.78, 5) is 34.1. The van der Waals surface area contributed by atoms with Crippen molar-refractivity contribution in [2.24, 2.45) is 0 Å². The summed E-state index contributed by atoms with van der Waals surface area (Å²) in [5, 5.41) is 21.1. The Morgan fingerprint density at radius 1 is 1.16 bits per heavy atom. The van der Waals surface area contributed by atoms with Crippen molar-refractivity contribution in [3.8, 4) is 28.5 Å². The van der Waals surface area contributed by atoms with E-state index in [2.05, 4.69) is 15.0 Å².